The second-order valence-corrected chi connectivity index (χ2v) is 7.67. The minimum Gasteiger partial charge on any atom is -0.494 e. The Morgan fingerprint density at radius 2 is 2.00 bits per heavy atom. The average Bonchev–Trinajstić information content (AvgIpc) is 3.35. The van der Waals surface area contributed by atoms with Crippen molar-refractivity contribution in [2.45, 2.75) is 13.5 Å². The number of Topliss-reactive ketones (excluding diaryl/α,β-unsaturated/α-hetero) is 1. The van der Waals surface area contributed by atoms with Gasteiger partial charge in [-0.15, -0.1) is 22.7 Å². The lowest BCUT2D eigenvalue weighted by Gasteiger charge is -2.06. The topological polar surface area (TPSA) is 61.2 Å². The number of rotatable bonds is 6. The molecule has 0 aliphatic carbocycles. The zero-order chi connectivity index (χ0) is 18.8. The minimum atomic E-state index is -0.199. The van der Waals surface area contributed by atoms with Gasteiger partial charge in [0.05, 0.1) is 29.7 Å². The SMILES string of the molecule is CCOc1ccc(-c2csc3ncn(CC(=O)c4cccs4)c(=O)c23)cc1. The molecular weight excluding hydrogens is 380 g/mol. The Morgan fingerprint density at radius 3 is 2.70 bits per heavy atom. The number of benzene rings is 1. The number of carbonyl (C=O) groups excluding carboxylic acids is 1. The summed E-state index contributed by atoms with van der Waals surface area (Å²) < 4.78 is 6.86. The van der Waals surface area contributed by atoms with E-state index in [1.165, 1.54) is 33.6 Å². The zero-order valence-electron chi connectivity index (χ0n) is 14.5. The summed E-state index contributed by atoms with van der Waals surface area (Å²) in [7, 11) is 0. The molecule has 0 aliphatic rings. The molecule has 5 nitrogen and oxygen atoms in total. The molecular formula is C20H16N2O3S2. The summed E-state index contributed by atoms with van der Waals surface area (Å²) in [6.45, 7) is 2.53. The third kappa shape index (κ3) is 3.43. The number of nitrogens with zero attached hydrogens (tertiary/aromatic N) is 2. The van der Waals surface area contributed by atoms with Crippen LogP contribution in [-0.2, 0) is 6.54 Å². The molecule has 0 fully saturated rings. The highest BCUT2D eigenvalue weighted by Gasteiger charge is 2.15. The minimum absolute atomic E-state index is 0.0130. The van der Waals surface area contributed by atoms with Gasteiger partial charge in [-0.05, 0) is 36.1 Å². The smallest absolute Gasteiger partial charge is 0.263 e. The van der Waals surface area contributed by atoms with Crippen molar-refractivity contribution < 1.29 is 9.53 Å². The first-order valence-corrected chi connectivity index (χ1v) is 10.2. The number of hydrogen-bond donors (Lipinski definition) is 0. The summed E-state index contributed by atoms with van der Waals surface area (Å²) in [4.78, 5) is 31.1. The summed E-state index contributed by atoms with van der Waals surface area (Å²) in [5.41, 5.74) is 1.55. The number of thiophene rings is 2. The van der Waals surface area contributed by atoms with Crippen LogP contribution in [0.1, 0.15) is 16.6 Å². The van der Waals surface area contributed by atoms with Crippen molar-refractivity contribution in [3.8, 4) is 16.9 Å². The highest BCUT2D eigenvalue weighted by molar-refractivity contribution is 7.17. The van der Waals surface area contributed by atoms with Gasteiger partial charge in [0.25, 0.3) is 5.56 Å². The summed E-state index contributed by atoms with van der Waals surface area (Å²) in [6.07, 6.45) is 1.45. The fourth-order valence-electron chi connectivity index (χ4n) is 2.86. The van der Waals surface area contributed by atoms with E-state index in [0.717, 1.165) is 16.9 Å². The Bertz CT molecular complexity index is 1140. The molecule has 0 aliphatic heterocycles. The van der Waals surface area contributed by atoms with Gasteiger partial charge in [0.15, 0.2) is 5.78 Å². The number of carbonyl (C=O) groups is 1. The van der Waals surface area contributed by atoms with E-state index in [1.807, 2.05) is 48.0 Å². The number of aromatic nitrogens is 2. The normalized spacial score (nSPS) is 11.0. The average molecular weight is 396 g/mol. The fourth-order valence-corrected chi connectivity index (χ4v) is 4.42. The van der Waals surface area contributed by atoms with Gasteiger partial charge in [-0.2, -0.15) is 0 Å². The monoisotopic (exact) mass is 396 g/mol. The Morgan fingerprint density at radius 1 is 1.19 bits per heavy atom. The van der Waals surface area contributed by atoms with E-state index in [4.69, 9.17) is 4.74 Å². The van der Waals surface area contributed by atoms with Crippen LogP contribution in [0, 0.1) is 0 Å². The lowest BCUT2D eigenvalue weighted by molar-refractivity contribution is 0.0974. The predicted octanol–water partition coefficient (Wildman–Crippen LogP) is 4.47. The molecule has 4 rings (SSSR count). The molecule has 0 spiro atoms. The third-order valence-corrected chi connectivity index (χ3v) is 5.94. The van der Waals surface area contributed by atoms with Gasteiger partial charge in [0.2, 0.25) is 0 Å². The fraction of sp³-hybridized carbons (Fsp3) is 0.150. The van der Waals surface area contributed by atoms with Crippen LogP contribution in [0.2, 0.25) is 0 Å². The predicted molar refractivity (Wildman–Crippen MR) is 109 cm³/mol. The molecule has 3 aromatic heterocycles. The first-order chi connectivity index (χ1) is 13.2. The highest BCUT2D eigenvalue weighted by Crippen LogP contribution is 2.31. The Balaban J connectivity index is 1.73. The number of fused-ring (bicyclic) bond motifs is 1. The van der Waals surface area contributed by atoms with E-state index < -0.39 is 0 Å². The van der Waals surface area contributed by atoms with E-state index in [2.05, 4.69) is 4.98 Å². The van der Waals surface area contributed by atoms with Gasteiger partial charge in [-0.1, -0.05) is 18.2 Å². The van der Waals surface area contributed by atoms with Crippen LogP contribution < -0.4 is 10.3 Å². The lowest BCUT2D eigenvalue weighted by atomic mass is 10.1. The van der Waals surface area contributed by atoms with Gasteiger partial charge in [0, 0.05) is 10.9 Å². The van der Waals surface area contributed by atoms with Crippen molar-refractivity contribution in [3.63, 3.8) is 0 Å². The maximum absolute atomic E-state index is 13.0. The maximum Gasteiger partial charge on any atom is 0.263 e. The largest absolute Gasteiger partial charge is 0.494 e. The third-order valence-electron chi connectivity index (χ3n) is 4.15. The molecule has 0 atom stereocenters. The first-order valence-electron chi connectivity index (χ1n) is 8.44. The van der Waals surface area contributed by atoms with E-state index >= 15 is 0 Å². The van der Waals surface area contributed by atoms with Crippen LogP contribution in [0.25, 0.3) is 21.3 Å². The number of ether oxygens (including phenoxy) is 1. The van der Waals surface area contributed by atoms with Crippen molar-refractivity contribution in [3.05, 3.63) is 68.7 Å². The molecule has 0 bridgehead atoms. The first kappa shape index (κ1) is 17.6. The van der Waals surface area contributed by atoms with Crippen LogP contribution in [0.4, 0.5) is 0 Å². The second kappa shape index (κ2) is 7.46. The molecule has 1 aromatic carbocycles. The van der Waals surface area contributed by atoms with E-state index in [-0.39, 0.29) is 17.9 Å². The molecule has 0 saturated carbocycles. The zero-order valence-corrected chi connectivity index (χ0v) is 16.2. The van der Waals surface area contributed by atoms with Crippen molar-refractivity contribution >= 4 is 38.7 Å². The quantitative estimate of drug-likeness (QED) is 0.451. The van der Waals surface area contributed by atoms with Crippen LogP contribution in [0.3, 0.4) is 0 Å². The highest BCUT2D eigenvalue weighted by atomic mass is 32.1. The van der Waals surface area contributed by atoms with Crippen LogP contribution in [0.15, 0.2) is 58.3 Å². The van der Waals surface area contributed by atoms with Gasteiger partial charge in [-0.25, -0.2) is 4.98 Å². The van der Waals surface area contributed by atoms with E-state index in [9.17, 15) is 9.59 Å². The van der Waals surface area contributed by atoms with Crippen molar-refractivity contribution in [1.29, 1.82) is 0 Å². The molecule has 0 amide bonds. The van der Waals surface area contributed by atoms with Gasteiger partial charge in [-0.3, -0.25) is 14.2 Å². The number of ketones is 1. The molecule has 7 heteroatoms. The van der Waals surface area contributed by atoms with Crippen molar-refractivity contribution in [2.75, 3.05) is 6.61 Å². The van der Waals surface area contributed by atoms with Gasteiger partial charge < -0.3 is 4.74 Å². The summed E-state index contributed by atoms with van der Waals surface area (Å²) in [5.74, 6) is 0.698. The van der Waals surface area contributed by atoms with E-state index in [0.29, 0.717) is 21.7 Å². The Hall–Kier alpha value is -2.77. The summed E-state index contributed by atoms with van der Waals surface area (Å²) >= 11 is 2.80. The van der Waals surface area contributed by atoms with Gasteiger partial charge in [0.1, 0.15) is 10.6 Å². The summed E-state index contributed by atoms with van der Waals surface area (Å²) in [5, 5.41) is 4.33. The van der Waals surface area contributed by atoms with Crippen LogP contribution in [-0.4, -0.2) is 21.9 Å². The molecule has 3 heterocycles. The molecule has 0 radical (unpaired) electrons. The van der Waals surface area contributed by atoms with Crippen molar-refractivity contribution in [1.82, 2.24) is 9.55 Å². The Kier molecular flexibility index (Phi) is 4.87. The maximum atomic E-state index is 13.0. The molecule has 27 heavy (non-hydrogen) atoms. The van der Waals surface area contributed by atoms with Crippen LogP contribution in [0.5, 0.6) is 5.75 Å². The molecule has 0 N–H and O–H groups in total. The second-order valence-electron chi connectivity index (χ2n) is 5.87. The molecule has 4 aromatic rings. The summed E-state index contributed by atoms with van der Waals surface area (Å²) in [6, 6.07) is 11.2. The lowest BCUT2D eigenvalue weighted by Crippen LogP contribution is -2.24. The van der Waals surface area contributed by atoms with Gasteiger partial charge >= 0.3 is 0 Å². The Labute approximate surface area is 163 Å². The molecule has 136 valence electrons. The van der Waals surface area contributed by atoms with E-state index in [1.54, 1.807) is 6.07 Å². The van der Waals surface area contributed by atoms with Crippen molar-refractivity contribution in [2.24, 2.45) is 0 Å². The standard InChI is InChI=1S/C20H16N2O3S2/c1-2-25-14-7-5-13(6-8-14)15-11-27-19-18(15)20(24)22(12-21-19)10-16(23)17-4-3-9-26-17/h3-9,11-12H,2,10H2,1H3. The van der Waals surface area contributed by atoms with Crippen LogP contribution >= 0.6 is 22.7 Å². The molecule has 0 saturated heterocycles. The molecule has 0 unspecified atom stereocenters. The number of hydrogen-bond acceptors (Lipinski definition) is 6.